The third-order valence-corrected chi connectivity index (χ3v) is 9.62. The summed E-state index contributed by atoms with van der Waals surface area (Å²) in [4.78, 5) is 36.0. The van der Waals surface area contributed by atoms with Crippen molar-refractivity contribution in [3.05, 3.63) is 47.2 Å². The topological polar surface area (TPSA) is 106 Å². The van der Waals surface area contributed by atoms with Crippen molar-refractivity contribution in [1.29, 1.82) is 0 Å². The smallest absolute Gasteiger partial charge is 0.348 e. The van der Waals surface area contributed by atoms with Gasteiger partial charge < -0.3 is 25.1 Å². The summed E-state index contributed by atoms with van der Waals surface area (Å²) in [5, 5.41) is 9.38. The number of piperidine rings is 1. The molecule has 1 saturated heterocycles. The van der Waals surface area contributed by atoms with Crippen LogP contribution in [0, 0.1) is 5.41 Å². The average molecular weight is 656 g/mol. The van der Waals surface area contributed by atoms with Crippen molar-refractivity contribution < 1.29 is 27.2 Å². The molecule has 3 aromatic heterocycles. The highest BCUT2D eigenvalue weighted by Gasteiger charge is 2.38. The summed E-state index contributed by atoms with van der Waals surface area (Å²) in [6.45, 7) is 7.01. The molecular weight excluding hydrogens is 614 g/mol. The van der Waals surface area contributed by atoms with Crippen molar-refractivity contribution >= 4 is 33.9 Å². The minimum absolute atomic E-state index is 0.0223. The number of aryl methyl sites for hydroxylation is 2. The summed E-state index contributed by atoms with van der Waals surface area (Å²) < 4.78 is 61.2. The largest absolute Gasteiger partial charge is 0.417 e. The third kappa shape index (κ3) is 6.46. The molecular formula is C34H41F4N7O2. The fourth-order valence-corrected chi connectivity index (χ4v) is 6.67. The highest BCUT2D eigenvalue weighted by molar-refractivity contribution is 6.00. The van der Waals surface area contributed by atoms with E-state index >= 15 is 0 Å². The van der Waals surface area contributed by atoms with Crippen LogP contribution in [0.15, 0.2) is 30.3 Å². The Morgan fingerprint density at radius 2 is 1.85 bits per heavy atom. The first-order valence-electron chi connectivity index (χ1n) is 16.3. The molecule has 252 valence electrons. The molecule has 2 amide bonds. The number of amides is 2. The molecule has 0 aliphatic carbocycles. The van der Waals surface area contributed by atoms with Gasteiger partial charge in [0.1, 0.15) is 11.8 Å². The Balaban J connectivity index is 1.44. The quantitative estimate of drug-likeness (QED) is 0.228. The van der Waals surface area contributed by atoms with Crippen molar-refractivity contribution in [2.24, 2.45) is 12.5 Å². The van der Waals surface area contributed by atoms with Crippen molar-refractivity contribution in [3.8, 4) is 11.5 Å². The Hall–Kier alpha value is -4.00. The Labute approximate surface area is 270 Å². The van der Waals surface area contributed by atoms with Gasteiger partial charge in [0.05, 0.1) is 45.6 Å². The van der Waals surface area contributed by atoms with Crippen molar-refractivity contribution in [1.82, 2.24) is 35.1 Å². The molecule has 13 heteroatoms. The minimum atomic E-state index is -4.83. The molecule has 1 aromatic carbocycles. The van der Waals surface area contributed by atoms with Crippen molar-refractivity contribution in [2.45, 2.75) is 90.3 Å². The van der Waals surface area contributed by atoms with Crippen LogP contribution in [-0.4, -0.2) is 56.2 Å². The number of hydrogen-bond acceptors (Lipinski definition) is 5. The number of nitrogens with one attached hydrogen (secondary N) is 3. The van der Waals surface area contributed by atoms with Gasteiger partial charge in [-0.05, 0) is 63.1 Å². The number of aromatic nitrogens is 4. The number of nitrogens with zero attached hydrogens (tertiary/aromatic N) is 4. The van der Waals surface area contributed by atoms with Crippen LogP contribution >= 0.6 is 0 Å². The summed E-state index contributed by atoms with van der Waals surface area (Å²) in [5.41, 5.74) is 0.295. The van der Waals surface area contributed by atoms with Gasteiger partial charge in [-0.25, -0.2) is 14.4 Å². The highest BCUT2D eigenvalue weighted by atomic mass is 19.4. The summed E-state index contributed by atoms with van der Waals surface area (Å²) in [6.07, 6.45) is -1.62. The van der Waals surface area contributed by atoms with Gasteiger partial charge in [-0.3, -0.25) is 9.59 Å². The first-order chi connectivity index (χ1) is 22.2. The van der Waals surface area contributed by atoms with E-state index in [9.17, 15) is 27.2 Å². The van der Waals surface area contributed by atoms with Crippen LogP contribution in [0.2, 0.25) is 0 Å². The van der Waals surface area contributed by atoms with Gasteiger partial charge in [-0.15, -0.1) is 0 Å². The van der Waals surface area contributed by atoms with Crippen LogP contribution in [0.4, 0.5) is 17.6 Å². The zero-order valence-electron chi connectivity index (χ0n) is 27.1. The molecule has 0 unspecified atom stereocenters. The Bertz CT molecular complexity index is 1830. The summed E-state index contributed by atoms with van der Waals surface area (Å²) in [6, 6.07) is 6.56. The molecule has 3 atom stereocenters. The van der Waals surface area contributed by atoms with E-state index in [0.29, 0.717) is 35.9 Å². The number of fused-ring (bicyclic) bond motifs is 2. The van der Waals surface area contributed by atoms with Gasteiger partial charge in [0.15, 0.2) is 5.82 Å². The molecule has 2 aliphatic heterocycles. The lowest BCUT2D eigenvalue weighted by Crippen LogP contribution is -2.52. The number of carbonyl (C=O) groups is 2. The van der Waals surface area contributed by atoms with E-state index in [4.69, 9.17) is 9.97 Å². The Morgan fingerprint density at radius 3 is 2.60 bits per heavy atom. The lowest BCUT2D eigenvalue weighted by atomic mass is 9.85. The van der Waals surface area contributed by atoms with E-state index in [2.05, 4.69) is 16.0 Å². The zero-order chi connectivity index (χ0) is 33.7. The van der Waals surface area contributed by atoms with Crippen molar-refractivity contribution in [3.63, 3.8) is 0 Å². The number of imidazole rings is 1. The normalized spacial score (nSPS) is 22.7. The predicted octanol–water partition coefficient (Wildman–Crippen LogP) is 6.21. The number of halogens is 4. The monoisotopic (exact) mass is 655 g/mol. The van der Waals surface area contributed by atoms with Crippen LogP contribution in [0.1, 0.15) is 87.0 Å². The van der Waals surface area contributed by atoms with Crippen molar-refractivity contribution in [2.75, 3.05) is 13.1 Å². The molecule has 0 saturated carbocycles. The Kier molecular flexibility index (Phi) is 8.79. The van der Waals surface area contributed by atoms with Gasteiger partial charge in [0.25, 0.3) is 5.91 Å². The van der Waals surface area contributed by atoms with E-state index in [1.54, 1.807) is 11.6 Å². The number of carbonyl (C=O) groups excluding carboxylic acids is 2. The highest BCUT2D eigenvalue weighted by Crippen LogP contribution is 2.37. The first-order valence-corrected chi connectivity index (χ1v) is 16.3. The lowest BCUT2D eigenvalue weighted by molar-refractivity contribution is -0.137. The van der Waals surface area contributed by atoms with E-state index < -0.39 is 40.8 Å². The number of alkyl halides is 4. The first kappa shape index (κ1) is 32.9. The molecule has 9 nitrogen and oxygen atoms in total. The number of rotatable bonds is 3. The standard InChI is InChI=1S/C34H41F4N7O2/c1-19-24-10-9-20-15-28(45(29(20)41-24)14-8-6-5-7-12-33(2,3)32(47)40-19)30-42-25-16-21(22(34(36,37)38)17-27(25)44(30)4)31(46)43-26-18-39-13-11-23(26)35/h9-10,15-17,19,23,26,39H,5-8,11-14,18H2,1-4H3,(H,40,47)(H,43,46)/t19-,23+,26+/m1/s1. The SMILES string of the molecule is C[C@H]1NC(=O)C(C)(C)CCCCCCn2c(-c3nc4cc(C(=O)N[C@H]5CNCC[C@@H]5F)c(C(F)(F)F)cc4n3C)cc3ccc1nc32. The molecule has 6 rings (SSSR count). The second kappa shape index (κ2) is 12.6. The van der Waals surface area contributed by atoms with E-state index in [1.807, 2.05) is 43.5 Å². The molecule has 0 radical (unpaired) electrons. The molecule has 1 fully saturated rings. The van der Waals surface area contributed by atoms with Crippen LogP contribution in [-0.2, 0) is 24.6 Å². The van der Waals surface area contributed by atoms with Crippen LogP contribution in [0.3, 0.4) is 0 Å². The van der Waals surface area contributed by atoms with E-state index in [-0.39, 0.29) is 35.9 Å². The Morgan fingerprint density at radius 1 is 1.09 bits per heavy atom. The maximum Gasteiger partial charge on any atom is 0.417 e. The molecule has 2 aliphatic rings. The second-order valence-corrected chi connectivity index (χ2v) is 13.5. The maximum atomic E-state index is 14.5. The van der Waals surface area contributed by atoms with Crippen LogP contribution < -0.4 is 16.0 Å². The summed E-state index contributed by atoms with van der Waals surface area (Å²) in [5.74, 6) is -0.591. The number of hydrogen-bond donors (Lipinski definition) is 3. The molecule has 0 spiro atoms. The maximum absolute atomic E-state index is 14.5. The summed E-state index contributed by atoms with van der Waals surface area (Å²) in [7, 11) is 1.65. The molecule has 4 aromatic rings. The minimum Gasteiger partial charge on any atom is -0.348 e. The van der Waals surface area contributed by atoms with E-state index in [0.717, 1.165) is 49.6 Å². The molecule has 2 bridgehead atoms. The van der Waals surface area contributed by atoms with E-state index in [1.165, 1.54) is 0 Å². The van der Waals surface area contributed by atoms with Gasteiger partial charge in [0.2, 0.25) is 5.91 Å². The average Bonchev–Trinajstić information content (AvgIpc) is 3.54. The third-order valence-electron chi connectivity index (χ3n) is 9.62. The molecule has 5 heterocycles. The van der Waals surface area contributed by atoms with Gasteiger partial charge >= 0.3 is 6.18 Å². The number of benzene rings is 1. The fraction of sp³-hybridized carbons (Fsp3) is 0.529. The molecule has 47 heavy (non-hydrogen) atoms. The second-order valence-electron chi connectivity index (χ2n) is 13.5. The van der Waals surface area contributed by atoms with Crippen LogP contribution in [0.5, 0.6) is 0 Å². The van der Waals surface area contributed by atoms with Gasteiger partial charge in [-0.1, -0.05) is 33.1 Å². The van der Waals surface area contributed by atoms with Gasteiger partial charge in [0, 0.05) is 30.9 Å². The summed E-state index contributed by atoms with van der Waals surface area (Å²) >= 11 is 0. The lowest BCUT2D eigenvalue weighted by Gasteiger charge is -2.28. The molecule has 3 N–H and O–H groups in total. The van der Waals surface area contributed by atoms with Crippen LogP contribution in [0.25, 0.3) is 33.6 Å². The van der Waals surface area contributed by atoms with Gasteiger partial charge in [-0.2, -0.15) is 13.2 Å². The zero-order valence-corrected chi connectivity index (χ0v) is 27.1. The predicted molar refractivity (Wildman–Crippen MR) is 172 cm³/mol. The fourth-order valence-electron chi connectivity index (χ4n) is 6.67. The number of pyridine rings is 1.